The first kappa shape index (κ1) is 17.9. The van der Waals surface area contributed by atoms with Crippen LogP contribution in [0.25, 0.3) is 5.52 Å². The maximum Gasteiger partial charge on any atom is 0.410 e. The van der Waals surface area contributed by atoms with Gasteiger partial charge in [0, 0.05) is 24.7 Å². The zero-order valence-electron chi connectivity index (χ0n) is 15.4. The van der Waals surface area contributed by atoms with Gasteiger partial charge in [-0.3, -0.25) is 9.30 Å². The van der Waals surface area contributed by atoms with E-state index in [1.54, 1.807) is 12.5 Å². The molecule has 0 unspecified atom stereocenters. The average Bonchev–Trinajstić information content (AvgIpc) is 2.91. The molecule has 3 rings (SSSR count). The van der Waals surface area contributed by atoms with Crippen LogP contribution in [0.15, 0.2) is 24.7 Å². The van der Waals surface area contributed by atoms with Gasteiger partial charge in [0.15, 0.2) is 0 Å². The van der Waals surface area contributed by atoms with Crippen LogP contribution in [0, 0.1) is 0 Å². The number of rotatable bonds is 1. The molecule has 2 aromatic heterocycles. The number of imidazole rings is 1. The quantitative estimate of drug-likeness (QED) is 0.771. The van der Waals surface area contributed by atoms with Gasteiger partial charge in [0.05, 0.1) is 17.3 Å². The number of carbonyl (C=O) groups is 1. The Balaban J connectivity index is 1.84. The molecule has 0 aromatic carbocycles. The molecule has 3 heterocycles. The van der Waals surface area contributed by atoms with Gasteiger partial charge in [0.2, 0.25) is 0 Å². The van der Waals surface area contributed by atoms with Gasteiger partial charge in [0.25, 0.3) is 0 Å². The van der Waals surface area contributed by atoms with Crippen molar-refractivity contribution in [3.8, 4) is 0 Å². The van der Waals surface area contributed by atoms with Crippen LogP contribution in [0.1, 0.15) is 34.6 Å². The summed E-state index contributed by atoms with van der Waals surface area (Å²) >= 11 is 6.27. The average molecular weight is 365 g/mol. The van der Waals surface area contributed by atoms with Crippen molar-refractivity contribution < 1.29 is 9.53 Å². The number of hydrogen-bond donors (Lipinski definition) is 0. The third-order valence-corrected chi connectivity index (χ3v) is 4.52. The fraction of sp³-hybridized carbons (Fsp3) is 0.556. The summed E-state index contributed by atoms with van der Waals surface area (Å²) in [5.74, 6) is 0.983. The SMILES string of the molecule is CC(C)(C)OC(=O)N1CCN(c2cc(Cl)cc3cncn23)CC1(C)C. The van der Waals surface area contributed by atoms with Crippen molar-refractivity contribution in [1.29, 1.82) is 0 Å². The minimum Gasteiger partial charge on any atom is -0.444 e. The molecule has 1 amide bonds. The van der Waals surface area contributed by atoms with Crippen molar-refractivity contribution >= 4 is 29.0 Å². The second kappa shape index (κ2) is 6.09. The van der Waals surface area contributed by atoms with Crippen LogP contribution >= 0.6 is 11.6 Å². The Kier molecular flexibility index (Phi) is 4.35. The number of aromatic nitrogens is 2. The second-order valence-corrected chi connectivity index (χ2v) is 8.52. The number of pyridine rings is 1. The maximum atomic E-state index is 12.5. The van der Waals surface area contributed by atoms with Crippen LogP contribution < -0.4 is 4.90 Å². The summed E-state index contributed by atoms with van der Waals surface area (Å²) in [6, 6.07) is 3.83. The highest BCUT2D eigenvalue weighted by atomic mass is 35.5. The van der Waals surface area contributed by atoms with Crippen molar-refractivity contribution in [2.75, 3.05) is 24.5 Å². The van der Waals surface area contributed by atoms with Crippen LogP contribution in [0.2, 0.25) is 5.02 Å². The molecule has 6 nitrogen and oxygen atoms in total. The van der Waals surface area contributed by atoms with E-state index in [4.69, 9.17) is 16.3 Å². The van der Waals surface area contributed by atoms with Crippen molar-refractivity contribution in [2.24, 2.45) is 0 Å². The van der Waals surface area contributed by atoms with E-state index in [1.807, 2.05) is 42.2 Å². The molecule has 1 aliphatic rings. The molecule has 0 saturated carbocycles. The number of piperazine rings is 1. The van der Waals surface area contributed by atoms with Crippen molar-refractivity contribution in [1.82, 2.24) is 14.3 Å². The van der Waals surface area contributed by atoms with Gasteiger partial charge in [0.1, 0.15) is 17.7 Å². The minimum absolute atomic E-state index is 0.268. The lowest BCUT2D eigenvalue weighted by Crippen LogP contribution is -2.62. The fourth-order valence-corrected chi connectivity index (χ4v) is 3.44. The number of hydrogen-bond acceptors (Lipinski definition) is 4. The first-order chi connectivity index (χ1) is 11.6. The van der Waals surface area contributed by atoms with Crippen molar-refractivity contribution in [3.63, 3.8) is 0 Å². The number of ether oxygens (including phenoxy) is 1. The van der Waals surface area contributed by atoms with Crippen molar-refractivity contribution in [3.05, 3.63) is 29.7 Å². The lowest BCUT2D eigenvalue weighted by molar-refractivity contribution is 0.000299. The van der Waals surface area contributed by atoms with Gasteiger partial charge in [-0.05, 0) is 46.8 Å². The van der Waals surface area contributed by atoms with Crippen LogP contribution in [0.3, 0.4) is 0 Å². The molecule has 0 spiro atoms. The van der Waals surface area contributed by atoms with Crippen LogP contribution in [0.5, 0.6) is 0 Å². The highest BCUT2D eigenvalue weighted by molar-refractivity contribution is 6.31. The summed E-state index contributed by atoms with van der Waals surface area (Å²) in [4.78, 5) is 20.8. The van der Waals surface area contributed by atoms with E-state index in [9.17, 15) is 4.79 Å². The van der Waals surface area contributed by atoms with E-state index < -0.39 is 5.60 Å². The van der Waals surface area contributed by atoms with E-state index in [0.29, 0.717) is 24.7 Å². The molecule has 0 radical (unpaired) electrons. The molecule has 0 atom stereocenters. The summed E-state index contributed by atoms with van der Waals surface area (Å²) < 4.78 is 7.58. The Hall–Kier alpha value is -1.95. The molecule has 1 aliphatic heterocycles. The maximum absolute atomic E-state index is 12.5. The summed E-state index contributed by atoms with van der Waals surface area (Å²) in [6.45, 7) is 11.7. The first-order valence-electron chi connectivity index (χ1n) is 8.44. The van der Waals surface area contributed by atoms with Gasteiger partial charge < -0.3 is 9.64 Å². The van der Waals surface area contributed by atoms with Crippen LogP contribution in [0.4, 0.5) is 10.6 Å². The standard InChI is InChI=1S/C18H25ClN4O2/c1-17(2,3)25-16(24)23-7-6-21(11-18(23,4)5)15-9-13(19)8-14-10-20-12-22(14)15/h8-10,12H,6-7,11H2,1-5H3. The number of carbonyl (C=O) groups excluding carboxylic acids is 1. The lowest BCUT2D eigenvalue weighted by Gasteiger charge is -2.47. The summed E-state index contributed by atoms with van der Waals surface area (Å²) in [5.41, 5.74) is 0.0885. The number of fused-ring (bicyclic) bond motifs is 1. The molecular weight excluding hydrogens is 340 g/mol. The van der Waals surface area contributed by atoms with Crippen molar-refractivity contribution in [2.45, 2.75) is 45.8 Å². The van der Waals surface area contributed by atoms with Crippen LogP contribution in [-0.2, 0) is 4.74 Å². The number of amides is 1. The topological polar surface area (TPSA) is 50.1 Å². The van der Waals surface area contributed by atoms with E-state index >= 15 is 0 Å². The van der Waals surface area contributed by atoms with Gasteiger partial charge in [-0.25, -0.2) is 9.78 Å². The zero-order chi connectivity index (χ0) is 18.4. The van der Waals surface area contributed by atoms with E-state index in [1.165, 1.54) is 0 Å². The van der Waals surface area contributed by atoms with E-state index in [-0.39, 0.29) is 11.6 Å². The third-order valence-electron chi connectivity index (χ3n) is 4.31. The van der Waals surface area contributed by atoms with E-state index in [2.05, 4.69) is 23.7 Å². The summed E-state index contributed by atoms with van der Waals surface area (Å²) in [6.07, 6.45) is 3.31. The highest BCUT2D eigenvalue weighted by Crippen LogP contribution is 2.29. The van der Waals surface area contributed by atoms with Gasteiger partial charge >= 0.3 is 6.09 Å². The number of nitrogens with zero attached hydrogens (tertiary/aromatic N) is 4. The molecule has 25 heavy (non-hydrogen) atoms. The molecular formula is C18H25ClN4O2. The normalized spacial score (nSPS) is 17.8. The highest BCUT2D eigenvalue weighted by Gasteiger charge is 2.39. The van der Waals surface area contributed by atoms with Gasteiger partial charge in [-0.2, -0.15) is 0 Å². The molecule has 136 valence electrons. The summed E-state index contributed by atoms with van der Waals surface area (Å²) in [7, 11) is 0. The smallest absolute Gasteiger partial charge is 0.410 e. The van der Waals surface area contributed by atoms with Gasteiger partial charge in [-0.1, -0.05) is 11.6 Å². The third kappa shape index (κ3) is 3.68. The predicted molar refractivity (Wildman–Crippen MR) is 99.4 cm³/mol. The lowest BCUT2D eigenvalue weighted by atomic mass is 9.99. The Morgan fingerprint density at radius 2 is 2.00 bits per heavy atom. The number of halogens is 1. The molecule has 1 saturated heterocycles. The minimum atomic E-state index is -0.500. The molecule has 0 bridgehead atoms. The molecule has 2 aromatic rings. The van der Waals surface area contributed by atoms with Gasteiger partial charge in [-0.15, -0.1) is 0 Å². The zero-order valence-corrected chi connectivity index (χ0v) is 16.2. The second-order valence-electron chi connectivity index (χ2n) is 8.09. The largest absolute Gasteiger partial charge is 0.444 e. The summed E-state index contributed by atoms with van der Waals surface area (Å²) in [5, 5.41) is 0.676. The predicted octanol–water partition coefficient (Wildman–Crippen LogP) is 3.82. The number of anilines is 1. The molecule has 0 N–H and O–H groups in total. The van der Waals surface area contributed by atoms with Crippen LogP contribution in [-0.4, -0.2) is 51.2 Å². The Morgan fingerprint density at radius 1 is 1.28 bits per heavy atom. The Labute approximate surface area is 153 Å². The molecule has 1 fully saturated rings. The monoisotopic (exact) mass is 364 g/mol. The first-order valence-corrected chi connectivity index (χ1v) is 8.82. The fourth-order valence-electron chi connectivity index (χ4n) is 3.23. The molecule has 7 heteroatoms. The molecule has 0 aliphatic carbocycles. The van der Waals surface area contributed by atoms with E-state index in [0.717, 1.165) is 11.3 Å². The Morgan fingerprint density at radius 3 is 2.64 bits per heavy atom. The Bertz CT molecular complexity index is 794.